The Kier molecular flexibility index (Phi) is 3.37. The lowest BCUT2D eigenvalue weighted by atomic mass is 10.0. The van der Waals surface area contributed by atoms with Crippen LogP contribution in [0.1, 0.15) is 12.8 Å². The van der Waals surface area contributed by atoms with E-state index < -0.39 is 0 Å². The average molecular weight is 243 g/mol. The van der Waals surface area contributed by atoms with Crippen molar-refractivity contribution in [3.05, 3.63) is 30.5 Å². The summed E-state index contributed by atoms with van der Waals surface area (Å²) in [6.07, 6.45) is 4.27. The molecule has 0 spiro atoms. The van der Waals surface area contributed by atoms with Crippen LogP contribution in [-0.4, -0.2) is 29.7 Å². The fraction of sp³-hybridized carbons (Fsp3) is 0.429. The van der Waals surface area contributed by atoms with E-state index in [-0.39, 0.29) is 0 Å². The normalized spacial score (nSPS) is 19.9. The number of aromatic nitrogens is 2. The van der Waals surface area contributed by atoms with Crippen LogP contribution < -0.4 is 10.1 Å². The Bertz CT molecular complexity index is 523. The van der Waals surface area contributed by atoms with Crippen molar-refractivity contribution < 1.29 is 4.74 Å². The Balaban J connectivity index is 1.66. The molecule has 1 unspecified atom stereocenters. The van der Waals surface area contributed by atoms with Crippen molar-refractivity contribution in [2.45, 2.75) is 12.8 Å². The summed E-state index contributed by atoms with van der Waals surface area (Å²) < 4.78 is 5.69. The molecule has 18 heavy (non-hydrogen) atoms. The highest BCUT2D eigenvalue weighted by Crippen LogP contribution is 2.15. The van der Waals surface area contributed by atoms with Gasteiger partial charge in [-0.15, -0.1) is 0 Å². The molecule has 0 amide bonds. The van der Waals surface area contributed by atoms with Crippen LogP contribution in [0.25, 0.3) is 10.9 Å². The molecule has 1 aromatic carbocycles. The second kappa shape index (κ2) is 5.31. The third kappa shape index (κ3) is 2.59. The summed E-state index contributed by atoms with van der Waals surface area (Å²) in [6.45, 7) is 2.86. The van der Waals surface area contributed by atoms with E-state index in [2.05, 4.69) is 15.3 Å². The summed E-state index contributed by atoms with van der Waals surface area (Å²) in [5, 5.41) is 4.43. The Hall–Kier alpha value is -1.68. The summed E-state index contributed by atoms with van der Waals surface area (Å²) in [5.41, 5.74) is 0.935. The van der Waals surface area contributed by atoms with Crippen LogP contribution in [0.5, 0.6) is 6.01 Å². The fourth-order valence-corrected chi connectivity index (χ4v) is 2.28. The highest BCUT2D eigenvalue weighted by atomic mass is 16.5. The summed E-state index contributed by atoms with van der Waals surface area (Å²) in [7, 11) is 0. The first kappa shape index (κ1) is 11.4. The summed E-state index contributed by atoms with van der Waals surface area (Å²) >= 11 is 0. The Labute approximate surface area is 106 Å². The van der Waals surface area contributed by atoms with Crippen molar-refractivity contribution in [2.24, 2.45) is 5.92 Å². The minimum Gasteiger partial charge on any atom is -0.463 e. The molecule has 1 aliphatic rings. The summed E-state index contributed by atoms with van der Waals surface area (Å²) in [4.78, 5) is 8.64. The third-order valence-corrected chi connectivity index (χ3v) is 3.31. The van der Waals surface area contributed by atoms with Gasteiger partial charge in [0.05, 0.1) is 12.1 Å². The van der Waals surface area contributed by atoms with E-state index >= 15 is 0 Å². The molecule has 3 rings (SSSR count). The maximum atomic E-state index is 5.69. The van der Waals surface area contributed by atoms with Gasteiger partial charge < -0.3 is 10.1 Å². The van der Waals surface area contributed by atoms with E-state index in [1.54, 1.807) is 0 Å². The zero-order valence-electron chi connectivity index (χ0n) is 10.3. The molecule has 0 bridgehead atoms. The van der Waals surface area contributed by atoms with E-state index in [1.165, 1.54) is 12.8 Å². The number of nitrogens with zero attached hydrogens (tertiary/aromatic N) is 2. The molecule has 1 saturated heterocycles. The van der Waals surface area contributed by atoms with Gasteiger partial charge in [0.15, 0.2) is 0 Å². The molecule has 2 aromatic rings. The van der Waals surface area contributed by atoms with Crippen LogP contribution >= 0.6 is 0 Å². The number of fused-ring (bicyclic) bond motifs is 1. The highest BCUT2D eigenvalue weighted by molar-refractivity contribution is 5.77. The van der Waals surface area contributed by atoms with Gasteiger partial charge in [0.2, 0.25) is 0 Å². The molecule has 1 fully saturated rings. The van der Waals surface area contributed by atoms with Gasteiger partial charge in [0.25, 0.3) is 0 Å². The number of benzene rings is 1. The molecule has 0 saturated carbocycles. The van der Waals surface area contributed by atoms with E-state index in [0.717, 1.165) is 24.0 Å². The minimum atomic E-state index is 0.485. The maximum Gasteiger partial charge on any atom is 0.316 e. The molecule has 1 aliphatic heterocycles. The fourth-order valence-electron chi connectivity index (χ4n) is 2.28. The van der Waals surface area contributed by atoms with Crippen LogP contribution in [0.2, 0.25) is 0 Å². The number of para-hydroxylation sites is 1. The molecule has 94 valence electrons. The van der Waals surface area contributed by atoms with Gasteiger partial charge in [-0.2, -0.15) is 4.98 Å². The molecule has 2 heterocycles. The maximum absolute atomic E-state index is 5.69. The number of hydrogen-bond acceptors (Lipinski definition) is 4. The molecule has 4 nitrogen and oxygen atoms in total. The first-order chi connectivity index (χ1) is 8.92. The monoisotopic (exact) mass is 243 g/mol. The molecule has 0 radical (unpaired) electrons. The Morgan fingerprint density at radius 2 is 2.28 bits per heavy atom. The third-order valence-electron chi connectivity index (χ3n) is 3.31. The predicted molar refractivity (Wildman–Crippen MR) is 70.6 cm³/mol. The van der Waals surface area contributed by atoms with Gasteiger partial charge in [0, 0.05) is 24.0 Å². The Morgan fingerprint density at radius 1 is 1.33 bits per heavy atom. The highest BCUT2D eigenvalue weighted by Gasteiger charge is 2.14. The summed E-state index contributed by atoms with van der Waals surface area (Å²) in [6, 6.07) is 8.43. The molecule has 1 atom stereocenters. The number of ether oxygens (including phenoxy) is 1. The zero-order valence-corrected chi connectivity index (χ0v) is 10.3. The standard InChI is InChI=1S/C14H17N3O/c1-2-6-13-12(5-1)9-16-14(17-13)18-10-11-4-3-7-15-8-11/h1-2,5-6,9,11,15H,3-4,7-8,10H2. The van der Waals surface area contributed by atoms with Crippen molar-refractivity contribution in [3.8, 4) is 6.01 Å². The molecule has 1 aromatic heterocycles. The topological polar surface area (TPSA) is 47.0 Å². The lowest BCUT2D eigenvalue weighted by Gasteiger charge is -2.22. The van der Waals surface area contributed by atoms with E-state index in [4.69, 9.17) is 4.74 Å². The van der Waals surface area contributed by atoms with Crippen LogP contribution in [0.3, 0.4) is 0 Å². The molecular formula is C14H17N3O. The van der Waals surface area contributed by atoms with E-state index in [1.807, 2.05) is 30.5 Å². The van der Waals surface area contributed by atoms with Crippen molar-refractivity contribution in [2.75, 3.05) is 19.7 Å². The van der Waals surface area contributed by atoms with Gasteiger partial charge in [-0.1, -0.05) is 18.2 Å². The van der Waals surface area contributed by atoms with Gasteiger partial charge in [-0.05, 0) is 25.5 Å². The van der Waals surface area contributed by atoms with Gasteiger partial charge in [0.1, 0.15) is 0 Å². The van der Waals surface area contributed by atoms with Gasteiger partial charge >= 0.3 is 6.01 Å². The quantitative estimate of drug-likeness (QED) is 0.895. The first-order valence-electron chi connectivity index (χ1n) is 6.47. The average Bonchev–Trinajstić information content (AvgIpc) is 2.46. The van der Waals surface area contributed by atoms with Crippen molar-refractivity contribution in [1.29, 1.82) is 0 Å². The van der Waals surface area contributed by atoms with Crippen LogP contribution in [0, 0.1) is 5.92 Å². The first-order valence-corrected chi connectivity index (χ1v) is 6.47. The summed E-state index contributed by atoms with van der Waals surface area (Å²) in [5.74, 6) is 0.578. The van der Waals surface area contributed by atoms with Crippen molar-refractivity contribution in [3.63, 3.8) is 0 Å². The van der Waals surface area contributed by atoms with E-state index in [9.17, 15) is 0 Å². The van der Waals surface area contributed by atoms with Gasteiger partial charge in [-0.3, -0.25) is 0 Å². The van der Waals surface area contributed by atoms with Crippen molar-refractivity contribution in [1.82, 2.24) is 15.3 Å². The molecule has 4 heteroatoms. The SMILES string of the molecule is c1ccc2nc(OCC3CCCNC3)ncc2c1. The number of hydrogen-bond donors (Lipinski definition) is 1. The predicted octanol–water partition coefficient (Wildman–Crippen LogP) is 2.01. The molecule has 0 aliphatic carbocycles. The lowest BCUT2D eigenvalue weighted by Crippen LogP contribution is -2.33. The second-order valence-electron chi connectivity index (χ2n) is 4.73. The minimum absolute atomic E-state index is 0.485. The van der Waals surface area contributed by atoms with Crippen molar-refractivity contribution >= 4 is 10.9 Å². The van der Waals surface area contributed by atoms with Crippen LogP contribution in [0.15, 0.2) is 30.5 Å². The smallest absolute Gasteiger partial charge is 0.316 e. The molecular weight excluding hydrogens is 226 g/mol. The van der Waals surface area contributed by atoms with Gasteiger partial charge in [-0.25, -0.2) is 4.98 Å². The van der Waals surface area contributed by atoms with Crippen LogP contribution in [0.4, 0.5) is 0 Å². The largest absolute Gasteiger partial charge is 0.463 e. The number of nitrogens with one attached hydrogen (secondary N) is 1. The number of piperidine rings is 1. The zero-order chi connectivity index (χ0) is 12.2. The van der Waals surface area contributed by atoms with Crippen LogP contribution in [-0.2, 0) is 0 Å². The Morgan fingerprint density at radius 3 is 3.17 bits per heavy atom. The lowest BCUT2D eigenvalue weighted by molar-refractivity contribution is 0.205. The molecule has 1 N–H and O–H groups in total. The van der Waals surface area contributed by atoms with E-state index in [0.29, 0.717) is 18.5 Å². The number of rotatable bonds is 3. The second-order valence-corrected chi connectivity index (χ2v) is 4.73.